The molecular formula is C17H14F4N2O3. The van der Waals surface area contributed by atoms with Crippen molar-refractivity contribution in [2.24, 2.45) is 0 Å². The summed E-state index contributed by atoms with van der Waals surface area (Å²) < 4.78 is 56.9. The summed E-state index contributed by atoms with van der Waals surface area (Å²) in [4.78, 5) is 24.2. The minimum Gasteiger partial charge on any atom is -0.456 e. The van der Waals surface area contributed by atoms with E-state index in [2.05, 4.69) is 15.1 Å². The first kappa shape index (κ1) is 18.0. The van der Waals surface area contributed by atoms with Gasteiger partial charge in [0.2, 0.25) is 17.6 Å². The molecule has 2 N–H and O–H groups in total. The van der Waals surface area contributed by atoms with E-state index in [4.69, 9.17) is 0 Å². The third-order valence-corrected chi connectivity index (χ3v) is 4.01. The molecule has 1 aliphatic rings. The number of alkyl halides is 3. The number of halogens is 4. The lowest BCUT2D eigenvalue weighted by Crippen LogP contribution is -2.35. The zero-order valence-electron chi connectivity index (χ0n) is 13.5. The summed E-state index contributed by atoms with van der Waals surface area (Å²) in [5.41, 5.74) is 0.363. The van der Waals surface area contributed by atoms with E-state index in [1.807, 2.05) is 0 Å². The van der Waals surface area contributed by atoms with E-state index in [0.717, 1.165) is 12.1 Å². The van der Waals surface area contributed by atoms with Gasteiger partial charge < -0.3 is 15.1 Å². The Morgan fingerprint density at radius 3 is 2.77 bits per heavy atom. The van der Waals surface area contributed by atoms with Crippen LogP contribution in [0.5, 0.6) is 0 Å². The van der Waals surface area contributed by atoms with E-state index in [1.165, 1.54) is 19.1 Å². The van der Waals surface area contributed by atoms with Gasteiger partial charge in [0.05, 0.1) is 5.92 Å². The van der Waals surface area contributed by atoms with Crippen LogP contribution >= 0.6 is 0 Å². The predicted molar refractivity (Wildman–Crippen MR) is 82.7 cm³/mol. The molecule has 5 nitrogen and oxygen atoms in total. The van der Waals surface area contributed by atoms with Crippen molar-refractivity contribution < 1.29 is 31.6 Å². The average molecular weight is 370 g/mol. The Morgan fingerprint density at radius 1 is 1.35 bits per heavy atom. The van der Waals surface area contributed by atoms with E-state index >= 15 is 0 Å². The fourth-order valence-electron chi connectivity index (χ4n) is 2.91. The van der Waals surface area contributed by atoms with Crippen LogP contribution in [0.3, 0.4) is 0 Å². The molecule has 2 aromatic rings. The second-order valence-electron chi connectivity index (χ2n) is 5.96. The number of carbonyl (C=O) groups is 2. The molecule has 1 aromatic heterocycles. The SMILES string of the molecule is Cc1cc(CNC(=O)[C@@H]2CC(=O)Nc3ccc(F)cc32)c(C(F)(F)F)o1. The second-order valence-corrected chi connectivity index (χ2v) is 5.96. The maximum absolute atomic E-state index is 13.5. The molecule has 2 amide bonds. The Kier molecular flexibility index (Phi) is 4.47. The molecule has 0 spiro atoms. The highest BCUT2D eigenvalue weighted by Crippen LogP contribution is 2.35. The number of carbonyl (C=O) groups excluding carboxylic acids is 2. The van der Waals surface area contributed by atoms with E-state index in [1.54, 1.807) is 0 Å². The van der Waals surface area contributed by atoms with Crippen molar-refractivity contribution in [3.63, 3.8) is 0 Å². The van der Waals surface area contributed by atoms with Crippen molar-refractivity contribution in [3.8, 4) is 0 Å². The van der Waals surface area contributed by atoms with Gasteiger partial charge in [0.15, 0.2) is 0 Å². The van der Waals surface area contributed by atoms with Crippen LogP contribution in [0.15, 0.2) is 28.7 Å². The highest BCUT2D eigenvalue weighted by atomic mass is 19.4. The lowest BCUT2D eigenvalue weighted by molar-refractivity contribution is -0.154. The van der Waals surface area contributed by atoms with Gasteiger partial charge in [-0.3, -0.25) is 9.59 Å². The standard InChI is InChI=1S/C17H14F4N2O3/c1-8-4-9(15(26-8)17(19,20)21)7-22-16(25)12-6-14(24)23-13-3-2-10(18)5-11(12)13/h2-5,12H,6-7H2,1H3,(H,22,25)(H,23,24)/t12-/m1/s1. The number of rotatable bonds is 3. The van der Waals surface area contributed by atoms with E-state index in [0.29, 0.717) is 5.69 Å². The Balaban J connectivity index is 1.80. The van der Waals surface area contributed by atoms with Crippen molar-refractivity contribution in [1.82, 2.24) is 5.32 Å². The quantitative estimate of drug-likeness (QED) is 0.813. The molecule has 9 heteroatoms. The summed E-state index contributed by atoms with van der Waals surface area (Å²) in [5, 5.41) is 4.90. The molecular weight excluding hydrogens is 356 g/mol. The van der Waals surface area contributed by atoms with Gasteiger partial charge in [-0.1, -0.05) is 0 Å². The molecule has 0 fully saturated rings. The minimum absolute atomic E-state index is 0.0611. The Bertz CT molecular complexity index is 873. The number of hydrogen-bond acceptors (Lipinski definition) is 3. The number of hydrogen-bond donors (Lipinski definition) is 2. The molecule has 1 atom stereocenters. The molecule has 0 unspecified atom stereocenters. The number of furan rings is 1. The summed E-state index contributed by atoms with van der Waals surface area (Å²) in [6.07, 6.45) is -4.91. The average Bonchev–Trinajstić information content (AvgIpc) is 2.93. The van der Waals surface area contributed by atoms with Crippen molar-refractivity contribution in [2.75, 3.05) is 5.32 Å². The number of nitrogens with one attached hydrogen (secondary N) is 2. The van der Waals surface area contributed by atoms with Crippen molar-refractivity contribution in [2.45, 2.75) is 32.0 Å². The van der Waals surface area contributed by atoms with Crippen LogP contribution < -0.4 is 10.6 Å². The first-order valence-corrected chi connectivity index (χ1v) is 7.68. The molecule has 0 saturated carbocycles. The molecule has 0 bridgehead atoms. The first-order valence-electron chi connectivity index (χ1n) is 7.68. The fraction of sp³-hybridized carbons (Fsp3) is 0.294. The third kappa shape index (κ3) is 3.56. The normalized spacial score (nSPS) is 16.8. The zero-order chi connectivity index (χ0) is 19.1. The Hall–Kier alpha value is -2.84. The molecule has 0 saturated heterocycles. The lowest BCUT2D eigenvalue weighted by atomic mass is 9.89. The maximum atomic E-state index is 13.5. The third-order valence-electron chi connectivity index (χ3n) is 4.01. The van der Waals surface area contributed by atoms with E-state index in [-0.39, 0.29) is 23.3 Å². The van der Waals surface area contributed by atoms with Gasteiger partial charge in [-0.05, 0) is 36.8 Å². The van der Waals surface area contributed by atoms with Gasteiger partial charge in [0, 0.05) is 24.2 Å². The molecule has 26 heavy (non-hydrogen) atoms. The number of amides is 2. The van der Waals surface area contributed by atoms with Crippen LogP contribution in [0.25, 0.3) is 0 Å². The van der Waals surface area contributed by atoms with Gasteiger partial charge in [-0.15, -0.1) is 0 Å². The molecule has 2 heterocycles. The molecule has 1 aliphatic heterocycles. The topological polar surface area (TPSA) is 71.3 Å². The zero-order valence-corrected chi connectivity index (χ0v) is 13.5. The van der Waals surface area contributed by atoms with E-state index < -0.39 is 42.0 Å². The monoisotopic (exact) mass is 370 g/mol. The summed E-state index contributed by atoms with van der Waals surface area (Å²) in [6, 6.07) is 4.79. The summed E-state index contributed by atoms with van der Waals surface area (Å²) in [7, 11) is 0. The van der Waals surface area contributed by atoms with Gasteiger partial charge in [0.1, 0.15) is 11.6 Å². The summed E-state index contributed by atoms with van der Waals surface area (Å²) >= 11 is 0. The smallest absolute Gasteiger partial charge is 0.449 e. The largest absolute Gasteiger partial charge is 0.456 e. The van der Waals surface area contributed by atoms with E-state index in [9.17, 15) is 27.2 Å². The highest BCUT2D eigenvalue weighted by Gasteiger charge is 2.38. The van der Waals surface area contributed by atoms with Crippen LogP contribution in [0.1, 0.15) is 35.0 Å². The second kappa shape index (κ2) is 6.47. The number of aryl methyl sites for hydroxylation is 1. The minimum atomic E-state index is -4.69. The van der Waals surface area contributed by atoms with Gasteiger partial charge in [-0.2, -0.15) is 13.2 Å². The molecule has 3 rings (SSSR count). The molecule has 1 aromatic carbocycles. The van der Waals surface area contributed by atoms with Gasteiger partial charge in [-0.25, -0.2) is 4.39 Å². The van der Waals surface area contributed by atoms with Crippen molar-refractivity contribution >= 4 is 17.5 Å². The summed E-state index contributed by atoms with van der Waals surface area (Å²) in [6.45, 7) is 0.943. The molecule has 0 aliphatic carbocycles. The Morgan fingerprint density at radius 2 is 2.08 bits per heavy atom. The predicted octanol–water partition coefficient (Wildman–Crippen LogP) is 3.49. The van der Waals surface area contributed by atoms with Crippen LogP contribution in [0.2, 0.25) is 0 Å². The lowest BCUT2D eigenvalue weighted by Gasteiger charge is -2.24. The molecule has 138 valence electrons. The highest BCUT2D eigenvalue weighted by molar-refractivity contribution is 6.01. The van der Waals surface area contributed by atoms with Crippen LogP contribution in [0.4, 0.5) is 23.2 Å². The Labute approximate surface area is 145 Å². The number of anilines is 1. The van der Waals surface area contributed by atoms with Crippen LogP contribution in [-0.2, 0) is 22.3 Å². The summed E-state index contributed by atoms with van der Waals surface area (Å²) in [5.74, 6) is -3.79. The number of benzene rings is 1. The van der Waals surface area contributed by atoms with Crippen molar-refractivity contribution in [3.05, 3.63) is 52.7 Å². The van der Waals surface area contributed by atoms with Gasteiger partial charge in [0.25, 0.3) is 0 Å². The number of fused-ring (bicyclic) bond motifs is 1. The maximum Gasteiger partial charge on any atom is 0.449 e. The fourth-order valence-corrected chi connectivity index (χ4v) is 2.91. The van der Waals surface area contributed by atoms with Crippen molar-refractivity contribution in [1.29, 1.82) is 0 Å². The molecule has 0 radical (unpaired) electrons. The van der Waals surface area contributed by atoms with Crippen LogP contribution in [0, 0.1) is 12.7 Å². The first-order chi connectivity index (χ1) is 12.1. The van der Waals surface area contributed by atoms with Crippen LogP contribution in [-0.4, -0.2) is 11.8 Å². The van der Waals surface area contributed by atoms with Gasteiger partial charge >= 0.3 is 6.18 Å².